The summed E-state index contributed by atoms with van der Waals surface area (Å²) >= 11 is 0. The Balaban J connectivity index is 1.52. The van der Waals surface area contributed by atoms with Gasteiger partial charge in [-0.2, -0.15) is 4.98 Å². The topological polar surface area (TPSA) is 72.9 Å². The van der Waals surface area contributed by atoms with Crippen LogP contribution in [0.2, 0.25) is 0 Å². The van der Waals surface area contributed by atoms with Gasteiger partial charge in [0.25, 0.3) is 0 Å². The maximum Gasteiger partial charge on any atom is 0.218 e. The Morgan fingerprint density at radius 2 is 1.95 bits per heavy atom. The van der Waals surface area contributed by atoms with Gasteiger partial charge in [-0.05, 0) is 29.4 Å². The Labute approximate surface area is 124 Å². The molecule has 2 aromatic rings. The molecule has 0 amide bonds. The number of piperidine rings is 1. The lowest BCUT2D eigenvalue weighted by atomic mass is 10.1. The number of nitrogens with zero attached hydrogens (tertiary/aromatic N) is 5. The summed E-state index contributed by atoms with van der Waals surface area (Å²) in [4.78, 5) is 11.2. The van der Waals surface area contributed by atoms with Crippen molar-refractivity contribution in [3.05, 3.63) is 18.3 Å². The quantitative estimate of drug-likeness (QED) is 0.906. The molecule has 2 atom stereocenters. The maximum absolute atomic E-state index is 5.71. The molecule has 2 aliphatic rings. The molecular weight excluding hydrogens is 264 g/mol. The summed E-state index contributed by atoms with van der Waals surface area (Å²) in [7, 11) is 1.78. The van der Waals surface area contributed by atoms with Crippen LogP contribution in [0.4, 0.5) is 11.8 Å². The fraction of sp³-hybridized carbons (Fsp3) is 0.533. The SMILES string of the molecule is Cn1nc(-c2ccc(N3CC4C(C3)C4(C)C)nc2)nc1N. The third kappa shape index (κ3) is 1.81. The van der Waals surface area contributed by atoms with Gasteiger partial charge in [-0.3, -0.25) is 0 Å². The number of rotatable bonds is 2. The summed E-state index contributed by atoms with van der Waals surface area (Å²) in [5.41, 5.74) is 7.15. The highest BCUT2D eigenvalue weighted by Gasteiger charge is 2.62. The lowest BCUT2D eigenvalue weighted by Crippen LogP contribution is -2.26. The van der Waals surface area contributed by atoms with Crippen LogP contribution in [0.15, 0.2) is 18.3 Å². The van der Waals surface area contributed by atoms with E-state index in [0.29, 0.717) is 17.2 Å². The van der Waals surface area contributed by atoms with Gasteiger partial charge < -0.3 is 10.6 Å². The smallest absolute Gasteiger partial charge is 0.218 e. The van der Waals surface area contributed by atoms with Crippen molar-refractivity contribution in [2.75, 3.05) is 23.7 Å². The molecule has 4 rings (SSSR count). The van der Waals surface area contributed by atoms with Crippen LogP contribution < -0.4 is 10.6 Å². The summed E-state index contributed by atoms with van der Waals surface area (Å²) in [6.45, 7) is 6.98. The molecule has 6 heteroatoms. The molecule has 6 nitrogen and oxygen atoms in total. The molecule has 0 aromatic carbocycles. The molecule has 110 valence electrons. The van der Waals surface area contributed by atoms with Crippen LogP contribution >= 0.6 is 0 Å². The standard InChI is InChI=1S/C15H20N6/c1-15(2)10-7-21(8-11(10)15)12-5-4-9(6-17-12)13-18-14(16)20(3)19-13/h4-6,10-11H,7-8H2,1-3H3,(H2,16,18,19). The molecule has 2 N–H and O–H groups in total. The highest BCUT2D eigenvalue weighted by Crippen LogP contribution is 2.62. The van der Waals surface area contributed by atoms with Crippen LogP contribution in [0.25, 0.3) is 11.4 Å². The van der Waals surface area contributed by atoms with Gasteiger partial charge in [0.1, 0.15) is 5.82 Å². The molecule has 0 bridgehead atoms. The number of nitrogen functional groups attached to an aromatic ring is 1. The van der Waals surface area contributed by atoms with Crippen molar-refractivity contribution in [1.82, 2.24) is 19.7 Å². The van der Waals surface area contributed by atoms with Crippen LogP contribution in [-0.2, 0) is 7.05 Å². The first-order valence-corrected chi connectivity index (χ1v) is 7.34. The predicted octanol–water partition coefficient (Wildman–Crippen LogP) is 1.55. The van der Waals surface area contributed by atoms with E-state index in [9.17, 15) is 0 Å². The molecular formula is C15H20N6. The Kier molecular flexibility index (Phi) is 2.38. The van der Waals surface area contributed by atoms with Gasteiger partial charge >= 0.3 is 0 Å². The van der Waals surface area contributed by atoms with E-state index in [1.54, 1.807) is 11.7 Å². The number of aromatic nitrogens is 4. The summed E-state index contributed by atoms with van der Waals surface area (Å²) in [5.74, 6) is 3.74. The van der Waals surface area contributed by atoms with Crippen molar-refractivity contribution in [3.8, 4) is 11.4 Å². The Morgan fingerprint density at radius 1 is 1.24 bits per heavy atom. The second kappa shape index (κ2) is 3.96. The minimum atomic E-state index is 0.413. The molecule has 1 saturated heterocycles. The largest absolute Gasteiger partial charge is 0.368 e. The van der Waals surface area contributed by atoms with Gasteiger partial charge in [-0.15, -0.1) is 5.10 Å². The van der Waals surface area contributed by atoms with Gasteiger partial charge in [-0.1, -0.05) is 13.8 Å². The summed E-state index contributed by atoms with van der Waals surface area (Å²) < 4.78 is 1.57. The number of anilines is 2. The maximum atomic E-state index is 5.71. The highest BCUT2D eigenvalue weighted by molar-refractivity contribution is 5.57. The van der Waals surface area contributed by atoms with E-state index < -0.39 is 0 Å². The van der Waals surface area contributed by atoms with Crippen molar-refractivity contribution in [3.63, 3.8) is 0 Å². The fourth-order valence-corrected chi connectivity index (χ4v) is 3.54. The van der Waals surface area contributed by atoms with E-state index in [0.717, 1.165) is 36.3 Å². The highest BCUT2D eigenvalue weighted by atomic mass is 15.4. The van der Waals surface area contributed by atoms with Gasteiger partial charge in [-0.25, -0.2) is 9.67 Å². The number of nitrogens with two attached hydrogens (primary N) is 1. The lowest BCUT2D eigenvalue weighted by molar-refractivity contribution is 0.498. The van der Waals surface area contributed by atoms with E-state index in [2.05, 4.69) is 39.9 Å². The van der Waals surface area contributed by atoms with Crippen LogP contribution in [0.3, 0.4) is 0 Å². The van der Waals surface area contributed by atoms with Crippen molar-refractivity contribution in [2.24, 2.45) is 24.3 Å². The first-order chi connectivity index (χ1) is 9.96. The summed E-state index contributed by atoms with van der Waals surface area (Å²) in [6, 6.07) is 4.08. The third-order valence-electron chi connectivity index (χ3n) is 5.25. The predicted molar refractivity (Wildman–Crippen MR) is 81.6 cm³/mol. The zero-order valence-corrected chi connectivity index (χ0v) is 12.6. The van der Waals surface area contributed by atoms with Gasteiger partial charge in [0.15, 0.2) is 5.82 Å². The second-order valence-corrected chi connectivity index (χ2v) is 6.76. The molecule has 2 fully saturated rings. The number of fused-ring (bicyclic) bond motifs is 1. The molecule has 0 spiro atoms. The summed E-state index contributed by atoms with van der Waals surface area (Å²) in [6.07, 6.45) is 1.83. The van der Waals surface area contributed by atoms with Crippen LogP contribution in [-0.4, -0.2) is 32.8 Å². The number of aryl methyl sites for hydroxylation is 1. The average molecular weight is 284 g/mol. The molecule has 1 aliphatic carbocycles. The Bertz CT molecular complexity index is 653. The molecule has 1 aliphatic heterocycles. The van der Waals surface area contributed by atoms with Crippen molar-refractivity contribution < 1.29 is 0 Å². The molecule has 3 heterocycles. The number of hydrogen-bond donors (Lipinski definition) is 1. The van der Waals surface area contributed by atoms with E-state index >= 15 is 0 Å². The summed E-state index contributed by atoms with van der Waals surface area (Å²) in [5, 5.41) is 4.27. The minimum Gasteiger partial charge on any atom is -0.368 e. The van der Waals surface area contributed by atoms with Gasteiger partial charge in [0.05, 0.1) is 0 Å². The average Bonchev–Trinajstić information content (AvgIpc) is 2.86. The number of hydrogen-bond acceptors (Lipinski definition) is 5. The molecule has 2 aromatic heterocycles. The Morgan fingerprint density at radius 3 is 2.48 bits per heavy atom. The molecule has 21 heavy (non-hydrogen) atoms. The minimum absolute atomic E-state index is 0.413. The Hall–Kier alpha value is -2.11. The number of pyridine rings is 1. The van der Waals surface area contributed by atoms with E-state index in [1.807, 2.05) is 12.3 Å². The fourth-order valence-electron chi connectivity index (χ4n) is 3.54. The first-order valence-electron chi connectivity index (χ1n) is 7.34. The third-order valence-corrected chi connectivity index (χ3v) is 5.25. The van der Waals surface area contributed by atoms with E-state index in [1.165, 1.54) is 0 Å². The van der Waals surface area contributed by atoms with Crippen molar-refractivity contribution >= 4 is 11.8 Å². The van der Waals surface area contributed by atoms with Crippen molar-refractivity contribution in [2.45, 2.75) is 13.8 Å². The zero-order valence-electron chi connectivity index (χ0n) is 12.6. The molecule has 0 radical (unpaired) electrons. The van der Waals surface area contributed by atoms with Gasteiger partial charge in [0.2, 0.25) is 5.95 Å². The molecule has 2 unspecified atom stereocenters. The monoisotopic (exact) mass is 284 g/mol. The second-order valence-electron chi connectivity index (χ2n) is 6.76. The lowest BCUT2D eigenvalue weighted by Gasteiger charge is -2.23. The van der Waals surface area contributed by atoms with E-state index in [-0.39, 0.29) is 0 Å². The van der Waals surface area contributed by atoms with Crippen LogP contribution in [0.5, 0.6) is 0 Å². The van der Waals surface area contributed by atoms with Gasteiger partial charge in [0, 0.05) is 31.9 Å². The normalized spacial score (nSPS) is 26.0. The van der Waals surface area contributed by atoms with Crippen LogP contribution in [0.1, 0.15) is 13.8 Å². The van der Waals surface area contributed by atoms with Crippen LogP contribution in [0, 0.1) is 17.3 Å². The molecule has 1 saturated carbocycles. The zero-order chi connectivity index (χ0) is 14.8. The van der Waals surface area contributed by atoms with Crippen molar-refractivity contribution in [1.29, 1.82) is 0 Å². The first kappa shape index (κ1) is 12.6. The van der Waals surface area contributed by atoms with E-state index in [4.69, 9.17) is 5.73 Å².